The molecule has 0 radical (unpaired) electrons. The number of carbonyl (C=O) groups excluding carboxylic acids is 1. The molecule has 5 nitrogen and oxygen atoms in total. The molecule has 3 rings (SSSR count). The molecule has 1 aliphatic rings. The lowest BCUT2D eigenvalue weighted by Crippen LogP contribution is -2.44. The summed E-state index contributed by atoms with van der Waals surface area (Å²) in [5, 5.41) is 0. The molecule has 0 saturated carbocycles. The highest BCUT2D eigenvalue weighted by molar-refractivity contribution is 5.68. The highest BCUT2D eigenvalue weighted by Gasteiger charge is 2.27. The number of benzene rings is 2. The predicted octanol–water partition coefficient (Wildman–Crippen LogP) is 6.04. The van der Waals surface area contributed by atoms with Crippen molar-refractivity contribution in [2.75, 3.05) is 20.2 Å². The molecule has 0 aromatic heterocycles. The van der Waals surface area contributed by atoms with Gasteiger partial charge < -0.3 is 19.1 Å². The molecule has 1 fully saturated rings. The fraction of sp³-hybridized carbons (Fsp3) is 0.519. The molecular formula is C27H37NO4. The van der Waals surface area contributed by atoms with Crippen molar-refractivity contribution in [1.82, 2.24) is 4.90 Å². The number of methoxy groups -OCH3 is 1. The van der Waals surface area contributed by atoms with Crippen molar-refractivity contribution in [1.29, 1.82) is 0 Å². The van der Waals surface area contributed by atoms with Gasteiger partial charge in [0, 0.05) is 25.9 Å². The molecular weight excluding hydrogens is 402 g/mol. The Morgan fingerprint density at radius 2 is 1.72 bits per heavy atom. The summed E-state index contributed by atoms with van der Waals surface area (Å²) in [6, 6.07) is 16.6. The van der Waals surface area contributed by atoms with Crippen LogP contribution in [0.3, 0.4) is 0 Å². The lowest BCUT2D eigenvalue weighted by atomic mass is 10.0. The summed E-state index contributed by atoms with van der Waals surface area (Å²) in [5.74, 6) is 1.89. The molecule has 1 amide bonds. The van der Waals surface area contributed by atoms with Crippen molar-refractivity contribution in [3.63, 3.8) is 0 Å². The summed E-state index contributed by atoms with van der Waals surface area (Å²) < 4.78 is 17.2. The number of likely N-dealkylation sites (tertiary alicyclic amines) is 1. The van der Waals surface area contributed by atoms with Crippen molar-refractivity contribution in [3.05, 3.63) is 59.7 Å². The number of amides is 1. The maximum Gasteiger partial charge on any atom is 0.410 e. The molecule has 5 heteroatoms. The molecule has 32 heavy (non-hydrogen) atoms. The highest BCUT2D eigenvalue weighted by atomic mass is 16.6. The number of hydrogen-bond acceptors (Lipinski definition) is 4. The smallest absolute Gasteiger partial charge is 0.410 e. The van der Waals surface area contributed by atoms with Crippen LogP contribution in [0, 0.1) is 0 Å². The Labute approximate surface area is 192 Å². The van der Waals surface area contributed by atoms with E-state index in [4.69, 9.17) is 14.2 Å². The lowest BCUT2D eigenvalue weighted by Gasteiger charge is -2.33. The second kappa shape index (κ2) is 11.3. The van der Waals surface area contributed by atoms with Gasteiger partial charge in [0.2, 0.25) is 0 Å². The van der Waals surface area contributed by atoms with Gasteiger partial charge in [0.15, 0.2) is 0 Å². The van der Waals surface area contributed by atoms with Gasteiger partial charge in [-0.1, -0.05) is 30.3 Å². The average molecular weight is 440 g/mol. The Hall–Kier alpha value is -2.69. The van der Waals surface area contributed by atoms with Gasteiger partial charge in [0.05, 0.1) is 7.11 Å². The molecule has 0 unspecified atom stereocenters. The highest BCUT2D eigenvalue weighted by Crippen LogP contribution is 2.25. The Morgan fingerprint density at radius 3 is 2.44 bits per heavy atom. The topological polar surface area (TPSA) is 48.0 Å². The third kappa shape index (κ3) is 7.47. The van der Waals surface area contributed by atoms with Crippen LogP contribution < -0.4 is 9.47 Å². The summed E-state index contributed by atoms with van der Waals surface area (Å²) in [6.45, 7) is 7.03. The van der Waals surface area contributed by atoms with Crippen LogP contribution in [0.2, 0.25) is 0 Å². The largest absolute Gasteiger partial charge is 0.497 e. The number of nitrogens with zero attached hydrogens (tertiary/aromatic N) is 1. The van der Waals surface area contributed by atoms with Gasteiger partial charge in [-0.05, 0) is 75.8 Å². The van der Waals surface area contributed by atoms with Crippen molar-refractivity contribution in [2.24, 2.45) is 0 Å². The Kier molecular flexibility index (Phi) is 8.43. The summed E-state index contributed by atoms with van der Waals surface area (Å²) in [5.41, 5.74) is 2.11. The minimum Gasteiger partial charge on any atom is -0.497 e. The maximum atomic E-state index is 12.3. The Morgan fingerprint density at radius 1 is 1.00 bits per heavy atom. The molecule has 0 bridgehead atoms. The predicted molar refractivity (Wildman–Crippen MR) is 128 cm³/mol. The van der Waals surface area contributed by atoms with E-state index < -0.39 is 5.60 Å². The van der Waals surface area contributed by atoms with Crippen LogP contribution in [0.25, 0.3) is 0 Å². The maximum absolute atomic E-state index is 12.3. The molecule has 0 aliphatic carbocycles. The number of unbranched alkanes of at least 4 members (excludes halogenated alkanes) is 1. The van der Waals surface area contributed by atoms with Crippen LogP contribution in [0.15, 0.2) is 48.5 Å². The Bertz CT molecular complexity index is 866. The quantitative estimate of drug-likeness (QED) is 0.471. The number of rotatable bonds is 8. The third-order valence-electron chi connectivity index (χ3n) is 5.66. The molecule has 0 spiro atoms. The minimum atomic E-state index is -0.462. The first-order valence-corrected chi connectivity index (χ1v) is 11.7. The van der Waals surface area contributed by atoms with Crippen molar-refractivity contribution >= 4 is 6.09 Å². The van der Waals surface area contributed by atoms with Crippen molar-refractivity contribution in [2.45, 2.75) is 71.0 Å². The van der Waals surface area contributed by atoms with E-state index in [1.807, 2.05) is 39.0 Å². The fourth-order valence-corrected chi connectivity index (χ4v) is 3.96. The van der Waals surface area contributed by atoms with E-state index in [-0.39, 0.29) is 12.2 Å². The fourth-order valence-electron chi connectivity index (χ4n) is 3.96. The first-order valence-electron chi connectivity index (χ1n) is 11.7. The number of hydrogen-bond donors (Lipinski definition) is 0. The van der Waals surface area contributed by atoms with Crippen LogP contribution in [-0.4, -0.2) is 42.9 Å². The molecule has 1 heterocycles. The van der Waals surface area contributed by atoms with Crippen molar-refractivity contribution in [3.8, 4) is 11.5 Å². The number of ether oxygens (including phenoxy) is 3. The zero-order valence-corrected chi connectivity index (χ0v) is 19.9. The van der Waals surface area contributed by atoms with E-state index >= 15 is 0 Å². The van der Waals surface area contributed by atoms with Crippen LogP contribution in [0.5, 0.6) is 11.5 Å². The van der Waals surface area contributed by atoms with Crippen molar-refractivity contribution < 1.29 is 19.0 Å². The van der Waals surface area contributed by atoms with Crippen LogP contribution in [-0.2, 0) is 17.6 Å². The zero-order valence-electron chi connectivity index (χ0n) is 19.9. The molecule has 0 atom stereocenters. The van der Waals surface area contributed by atoms with Crippen LogP contribution >= 0.6 is 0 Å². The summed E-state index contributed by atoms with van der Waals surface area (Å²) in [4.78, 5) is 14.1. The van der Waals surface area contributed by atoms with Gasteiger partial charge in [-0.15, -0.1) is 0 Å². The summed E-state index contributed by atoms with van der Waals surface area (Å²) in [7, 11) is 1.71. The number of aryl methyl sites for hydroxylation is 2. The van der Waals surface area contributed by atoms with E-state index in [0.717, 1.165) is 50.0 Å². The Balaban J connectivity index is 1.45. The standard InChI is InChI=1S/C27H37NO4/c1-27(2,3)32-26(29)28-18-16-23(17-19-28)31-25-15-8-7-13-22(25)12-6-5-10-21-11-9-14-24(20-21)30-4/h7-9,11,13-15,20,23H,5-6,10,12,16-19H2,1-4H3. The van der Waals surface area contributed by atoms with Gasteiger partial charge in [-0.2, -0.15) is 0 Å². The molecule has 2 aromatic carbocycles. The first kappa shape index (κ1) is 24.0. The minimum absolute atomic E-state index is 0.131. The molecule has 174 valence electrons. The van der Waals surface area contributed by atoms with Crippen LogP contribution in [0.4, 0.5) is 4.79 Å². The van der Waals surface area contributed by atoms with Gasteiger partial charge >= 0.3 is 6.09 Å². The molecule has 1 saturated heterocycles. The summed E-state index contributed by atoms with van der Waals surface area (Å²) in [6.07, 6.45) is 5.82. The SMILES string of the molecule is COc1cccc(CCCCc2ccccc2OC2CCN(C(=O)OC(C)(C)C)CC2)c1. The normalized spacial score (nSPS) is 14.8. The van der Waals surface area contributed by atoms with E-state index in [9.17, 15) is 4.79 Å². The van der Waals surface area contributed by atoms with Gasteiger partial charge in [0.25, 0.3) is 0 Å². The van der Waals surface area contributed by atoms with Gasteiger partial charge in [-0.3, -0.25) is 0 Å². The van der Waals surface area contributed by atoms with E-state index in [1.54, 1.807) is 12.0 Å². The number of para-hydroxylation sites is 1. The van der Waals surface area contributed by atoms with E-state index in [0.29, 0.717) is 13.1 Å². The number of carbonyl (C=O) groups is 1. The van der Waals surface area contributed by atoms with E-state index in [2.05, 4.69) is 30.3 Å². The zero-order chi connectivity index (χ0) is 23.0. The lowest BCUT2D eigenvalue weighted by molar-refractivity contribution is 0.0126. The van der Waals surface area contributed by atoms with Crippen LogP contribution in [0.1, 0.15) is 57.6 Å². The number of piperidine rings is 1. The average Bonchev–Trinajstić information content (AvgIpc) is 2.77. The monoisotopic (exact) mass is 439 g/mol. The van der Waals surface area contributed by atoms with Gasteiger partial charge in [0.1, 0.15) is 23.2 Å². The second-order valence-corrected chi connectivity index (χ2v) is 9.45. The molecule has 2 aromatic rings. The molecule has 0 N–H and O–H groups in total. The molecule has 1 aliphatic heterocycles. The third-order valence-corrected chi connectivity index (χ3v) is 5.66. The van der Waals surface area contributed by atoms with E-state index in [1.165, 1.54) is 11.1 Å². The first-order chi connectivity index (χ1) is 15.3. The van der Waals surface area contributed by atoms with Gasteiger partial charge in [-0.25, -0.2) is 4.79 Å². The summed E-state index contributed by atoms with van der Waals surface area (Å²) >= 11 is 0. The second-order valence-electron chi connectivity index (χ2n) is 9.45.